The van der Waals surface area contributed by atoms with E-state index in [1.807, 2.05) is 20.8 Å². The number of Topliss-reactive ketones (excluding diaryl/α,β-unsaturated/α-hetero) is 1. The summed E-state index contributed by atoms with van der Waals surface area (Å²) in [4.78, 5) is 40.4. The van der Waals surface area contributed by atoms with Crippen molar-refractivity contribution in [1.82, 2.24) is 0 Å². The van der Waals surface area contributed by atoms with Gasteiger partial charge in [0.05, 0.1) is 30.5 Å². The van der Waals surface area contributed by atoms with Gasteiger partial charge >= 0.3 is 11.9 Å². The normalized spacial score (nSPS) is 50.0. The average molecular weight is 517 g/mol. The number of rotatable bonds is 3. The Hall–Kier alpha value is -2.23. The summed E-state index contributed by atoms with van der Waals surface area (Å²) in [5, 5.41) is 21.9. The molecule has 0 bridgehead atoms. The molecule has 9 heteroatoms. The first-order chi connectivity index (χ1) is 17.3. The van der Waals surface area contributed by atoms with Crippen LogP contribution in [-0.2, 0) is 28.6 Å². The fraction of sp³-hybridized carbons (Fsp3) is 0.750. The molecule has 6 rings (SSSR count). The number of hydrogen-bond acceptors (Lipinski definition) is 9. The van der Waals surface area contributed by atoms with Gasteiger partial charge in [-0.05, 0) is 51.5 Å². The van der Waals surface area contributed by atoms with Gasteiger partial charge in [-0.15, -0.1) is 0 Å². The smallest absolute Gasteiger partial charge is 0.339 e. The van der Waals surface area contributed by atoms with Crippen molar-refractivity contribution in [2.45, 2.75) is 89.8 Å². The van der Waals surface area contributed by atoms with Gasteiger partial charge in [-0.3, -0.25) is 9.59 Å². The summed E-state index contributed by atoms with van der Waals surface area (Å²) in [5.41, 5.74) is -4.34. The number of fused-ring (bicyclic) bond motifs is 3. The Labute approximate surface area is 215 Å². The fourth-order valence-corrected chi connectivity index (χ4v) is 9.77. The molecule has 5 fully saturated rings. The number of hydrogen-bond donors (Lipinski definition) is 2. The van der Waals surface area contributed by atoms with Crippen LogP contribution in [0.4, 0.5) is 0 Å². The molecule has 1 spiro atoms. The van der Waals surface area contributed by atoms with E-state index in [-0.39, 0.29) is 31.1 Å². The van der Waals surface area contributed by atoms with Crippen LogP contribution < -0.4 is 0 Å². The number of aliphatic hydroxyl groups is 2. The fourth-order valence-electron chi connectivity index (χ4n) is 9.77. The van der Waals surface area contributed by atoms with E-state index in [1.165, 1.54) is 6.26 Å². The second kappa shape index (κ2) is 7.45. The third kappa shape index (κ3) is 2.78. The third-order valence-corrected chi connectivity index (χ3v) is 11.1. The molecule has 0 aromatic carbocycles. The van der Waals surface area contributed by atoms with Gasteiger partial charge in [-0.25, -0.2) is 4.79 Å². The molecule has 2 N–H and O–H groups in total. The number of carbonyl (C=O) groups is 3. The molecule has 1 aromatic heterocycles. The maximum atomic E-state index is 14.5. The number of esters is 2. The summed E-state index contributed by atoms with van der Waals surface area (Å²) in [6, 6.07) is 1.76. The molecule has 2 saturated carbocycles. The molecule has 1 aromatic rings. The Bertz CT molecular complexity index is 1160. The molecule has 3 aliphatic heterocycles. The van der Waals surface area contributed by atoms with Crippen LogP contribution in [0.15, 0.2) is 23.0 Å². The highest BCUT2D eigenvalue weighted by molar-refractivity contribution is 5.93. The van der Waals surface area contributed by atoms with Gasteiger partial charge < -0.3 is 28.8 Å². The Morgan fingerprint density at radius 2 is 1.78 bits per heavy atom. The first-order valence-corrected chi connectivity index (χ1v) is 13.2. The average Bonchev–Trinajstić information content (AvgIpc) is 3.39. The topological polar surface area (TPSA) is 136 Å². The molecule has 37 heavy (non-hydrogen) atoms. The predicted molar refractivity (Wildman–Crippen MR) is 127 cm³/mol. The summed E-state index contributed by atoms with van der Waals surface area (Å²) in [5.74, 6) is -2.24. The molecule has 0 amide bonds. The quantitative estimate of drug-likeness (QED) is 0.459. The van der Waals surface area contributed by atoms with Crippen molar-refractivity contribution in [1.29, 1.82) is 0 Å². The minimum atomic E-state index is -1.18. The summed E-state index contributed by atoms with van der Waals surface area (Å²) < 4.78 is 23.4. The van der Waals surface area contributed by atoms with Crippen molar-refractivity contribution in [3.8, 4) is 0 Å². The van der Waals surface area contributed by atoms with Crippen molar-refractivity contribution in [2.24, 2.45) is 34.0 Å². The number of ether oxygens (including phenoxy) is 3. The number of carbonyl (C=O) groups excluding carboxylic acids is 3. The number of ketones is 1. The molecular formula is C28H36O9. The Morgan fingerprint density at radius 1 is 1.05 bits per heavy atom. The lowest BCUT2D eigenvalue weighted by molar-refractivity contribution is -0.248. The molecule has 5 aliphatic rings. The van der Waals surface area contributed by atoms with E-state index in [4.69, 9.17) is 18.6 Å². The van der Waals surface area contributed by atoms with E-state index in [9.17, 15) is 24.6 Å². The highest BCUT2D eigenvalue weighted by Crippen LogP contribution is 2.79. The van der Waals surface area contributed by atoms with Crippen molar-refractivity contribution in [2.75, 3.05) is 6.61 Å². The second-order valence-electron chi connectivity index (χ2n) is 13.0. The van der Waals surface area contributed by atoms with Crippen LogP contribution in [0.5, 0.6) is 0 Å². The Kier molecular flexibility index (Phi) is 5.05. The standard InChI is InChI=1S/C28H36O9/c1-24(2)16-10-18(31)27(5)20(26(16,4)17(30)11-19(32)36-24)14(6-8-29)12-25(3)21(15-7-9-34-13-15)35-23(33)22-28(25,27)37-22/h7,9,13-14,16-17,20-22,29-30H,6,8,10-12H2,1-5H3/t14-,16+,17-,20-,21-,22+,25-,26+,27+,28+/m0/s1. The lowest BCUT2D eigenvalue weighted by atomic mass is 9.34. The summed E-state index contributed by atoms with van der Waals surface area (Å²) in [6.07, 6.45) is 1.18. The Morgan fingerprint density at radius 3 is 2.43 bits per heavy atom. The van der Waals surface area contributed by atoms with Gasteiger partial charge in [0.25, 0.3) is 0 Å². The van der Waals surface area contributed by atoms with Crippen LogP contribution >= 0.6 is 0 Å². The number of cyclic esters (lactones) is 2. The molecule has 0 unspecified atom stereocenters. The molecule has 202 valence electrons. The maximum Gasteiger partial charge on any atom is 0.339 e. The van der Waals surface area contributed by atoms with Crippen LogP contribution in [0.1, 0.15) is 72.0 Å². The molecule has 9 nitrogen and oxygen atoms in total. The van der Waals surface area contributed by atoms with E-state index in [2.05, 4.69) is 0 Å². The highest BCUT2D eigenvalue weighted by atomic mass is 16.7. The van der Waals surface area contributed by atoms with Gasteiger partial charge in [-0.1, -0.05) is 13.8 Å². The monoisotopic (exact) mass is 516 g/mol. The maximum absolute atomic E-state index is 14.5. The predicted octanol–water partition coefficient (Wildman–Crippen LogP) is 2.73. The molecule has 0 radical (unpaired) electrons. The zero-order valence-corrected chi connectivity index (χ0v) is 22.0. The summed E-state index contributed by atoms with van der Waals surface area (Å²) in [7, 11) is 0. The molecule has 10 atom stereocenters. The van der Waals surface area contributed by atoms with E-state index >= 15 is 0 Å². The minimum Gasteiger partial charge on any atom is -0.472 e. The van der Waals surface area contributed by atoms with Crippen LogP contribution in [-0.4, -0.2) is 58.0 Å². The van der Waals surface area contributed by atoms with Gasteiger partial charge in [0, 0.05) is 35.3 Å². The molecule has 3 saturated heterocycles. The lowest BCUT2D eigenvalue weighted by Gasteiger charge is -2.68. The lowest BCUT2D eigenvalue weighted by Crippen LogP contribution is -2.74. The van der Waals surface area contributed by atoms with Gasteiger partial charge in [0.15, 0.2) is 6.10 Å². The highest BCUT2D eigenvalue weighted by Gasteiger charge is 2.89. The minimum absolute atomic E-state index is 0.0739. The third-order valence-electron chi connectivity index (χ3n) is 11.1. The van der Waals surface area contributed by atoms with Crippen LogP contribution in [0, 0.1) is 34.0 Å². The van der Waals surface area contributed by atoms with Crippen LogP contribution in [0.3, 0.4) is 0 Å². The van der Waals surface area contributed by atoms with Crippen molar-refractivity contribution >= 4 is 17.7 Å². The van der Waals surface area contributed by atoms with Crippen molar-refractivity contribution in [3.63, 3.8) is 0 Å². The SMILES string of the molecule is CC1(C)OC(=O)C[C@H](O)[C@@]2(C)[C@@H]1CC(=O)[C@]1(C)[C@H]2[C@@H](CCO)C[C@@]2(C)[C@H](c3ccoc3)OC(=O)[C@H]3O[C@]321. The molecule has 4 heterocycles. The molecular weight excluding hydrogens is 480 g/mol. The summed E-state index contributed by atoms with van der Waals surface area (Å²) in [6.45, 7) is 9.34. The van der Waals surface area contributed by atoms with Gasteiger partial charge in [0.2, 0.25) is 0 Å². The van der Waals surface area contributed by atoms with E-state index < -0.39 is 69.5 Å². The first kappa shape index (κ1) is 25.1. The zero-order chi connectivity index (χ0) is 26.8. The largest absolute Gasteiger partial charge is 0.472 e. The zero-order valence-electron chi connectivity index (χ0n) is 22.0. The second-order valence-corrected chi connectivity index (χ2v) is 13.0. The van der Waals surface area contributed by atoms with Gasteiger partial charge in [-0.2, -0.15) is 0 Å². The van der Waals surface area contributed by atoms with E-state index in [0.717, 1.165) is 0 Å². The van der Waals surface area contributed by atoms with E-state index in [0.29, 0.717) is 18.4 Å². The van der Waals surface area contributed by atoms with Gasteiger partial charge in [0.1, 0.15) is 23.1 Å². The van der Waals surface area contributed by atoms with Crippen molar-refractivity contribution in [3.05, 3.63) is 24.2 Å². The van der Waals surface area contributed by atoms with Crippen molar-refractivity contribution < 1.29 is 43.2 Å². The van der Waals surface area contributed by atoms with Crippen LogP contribution in [0.2, 0.25) is 0 Å². The Balaban J connectivity index is 1.59. The number of epoxide rings is 1. The number of furan rings is 1. The molecule has 2 aliphatic carbocycles. The number of aliphatic hydroxyl groups excluding tert-OH is 2. The van der Waals surface area contributed by atoms with Crippen LogP contribution in [0.25, 0.3) is 0 Å². The first-order valence-electron chi connectivity index (χ1n) is 13.2. The van der Waals surface area contributed by atoms with E-state index in [1.54, 1.807) is 26.2 Å². The summed E-state index contributed by atoms with van der Waals surface area (Å²) >= 11 is 0.